The summed E-state index contributed by atoms with van der Waals surface area (Å²) in [4.78, 5) is 24.7. The Morgan fingerprint density at radius 2 is 1.82 bits per heavy atom. The van der Waals surface area contributed by atoms with E-state index in [2.05, 4.69) is 17.2 Å². The van der Waals surface area contributed by atoms with Gasteiger partial charge in [0.15, 0.2) is 11.5 Å². The van der Waals surface area contributed by atoms with Gasteiger partial charge in [-0.2, -0.15) is 0 Å². The lowest BCUT2D eigenvalue weighted by Gasteiger charge is -2.14. The number of carbonyl (C=O) groups excluding carboxylic acids is 2. The zero-order valence-electron chi connectivity index (χ0n) is 16.1. The van der Waals surface area contributed by atoms with Crippen LogP contribution in [0.25, 0.3) is 0 Å². The van der Waals surface area contributed by atoms with Crippen molar-refractivity contribution in [1.82, 2.24) is 0 Å². The molecule has 0 bridgehead atoms. The SMILES string of the molecule is C=CCc1cc(C(=O)Nc2cccc(NC(=O)C3CC3)c2)cc(OC)c1OC. The minimum absolute atomic E-state index is 0.0254. The molecule has 2 amide bonds. The fourth-order valence-electron chi connectivity index (χ4n) is 2.95. The minimum Gasteiger partial charge on any atom is -0.493 e. The largest absolute Gasteiger partial charge is 0.493 e. The topological polar surface area (TPSA) is 76.7 Å². The monoisotopic (exact) mass is 380 g/mol. The van der Waals surface area contributed by atoms with Crippen LogP contribution in [0.2, 0.25) is 0 Å². The number of benzene rings is 2. The Balaban J connectivity index is 1.79. The number of carbonyl (C=O) groups is 2. The first kappa shape index (κ1) is 19.5. The van der Waals surface area contributed by atoms with Gasteiger partial charge in [0, 0.05) is 28.4 Å². The normalized spacial score (nSPS) is 12.8. The maximum absolute atomic E-state index is 12.8. The van der Waals surface area contributed by atoms with Crippen molar-refractivity contribution in [1.29, 1.82) is 0 Å². The summed E-state index contributed by atoms with van der Waals surface area (Å²) in [6.45, 7) is 3.75. The first-order valence-corrected chi connectivity index (χ1v) is 9.13. The van der Waals surface area contributed by atoms with Gasteiger partial charge in [0.2, 0.25) is 5.91 Å². The molecule has 0 saturated heterocycles. The molecule has 0 heterocycles. The van der Waals surface area contributed by atoms with Crippen molar-refractivity contribution in [3.05, 3.63) is 60.2 Å². The summed E-state index contributed by atoms with van der Waals surface area (Å²) >= 11 is 0. The van der Waals surface area contributed by atoms with E-state index in [1.807, 2.05) is 0 Å². The number of nitrogens with one attached hydrogen (secondary N) is 2. The molecule has 1 aliphatic carbocycles. The van der Waals surface area contributed by atoms with Crippen molar-refractivity contribution >= 4 is 23.2 Å². The van der Waals surface area contributed by atoms with Crippen LogP contribution in [0.3, 0.4) is 0 Å². The average Bonchev–Trinajstić information content (AvgIpc) is 3.53. The predicted octanol–water partition coefficient (Wildman–Crippen LogP) is 4.03. The fraction of sp³-hybridized carbons (Fsp3) is 0.273. The zero-order valence-corrected chi connectivity index (χ0v) is 16.1. The van der Waals surface area contributed by atoms with Gasteiger partial charge in [0.05, 0.1) is 14.2 Å². The Hall–Kier alpha value is -3.28. The summed E-state index contributed by atoms with van der Waals surface area (Å²) < 4.78 is 10.8. The van der Waals surface area contributed by atoms with Crippen molar-refractivity contribution in [3.8, 4) is 11.5 Å². The lowest BCUT2D eigenvalue weighted by molar-refractivity contribution is -0.117. The second-order valence-corrected chi connectivity index (χ2v) is 6.66. The smallest absolute Gasteiger partial charge is 0.255 e. The quantitative estimate of drug-likeness (QED) is 0.678. The Morgan fingerprint density at radius 3 is 2.43 bits per heavy atom. The molecule has 2 aromatic carbocycles. The molecule has 0 spiro atoms. The number of anilines is 2. The van der Waals surface area contributed by atoms with Crippen molar-refractivity contribution in [2.24, 2.45) is 5.92 Å². The van der Waals surface area contributed by atoms with E-state index in [1.165, 1.54) is 7.11 Å². The Kier molecular flexibility index (Phi) is 5.99. The number of ether oxygens (including phenoxy) is 2. The predicted molar refractivity (Wildman–Crippen MR) is 109 cm³/mol. The van der Waals surface area contributed by atoms with E-state index in [9.17, 15) is 9.59 Å². The van der Waals surface area contributed by atoms with Crippen molar-refractivity contribution in [2.45, 2.75) is 19.3 Å². The van der Waals surface area contributed by atoms with E-state index in [-0.39, 0.29) is 17.7 Å². The molecule has 2 N–H and O–H groups in total. The van der Waals surface area contributed by atoms with Crippen LogP contribution in [0.15, 0.2) is 49.1 Å². The highest BCUT2D eigenvalue weighted by atomic mass is 16.5. The minimum atomic E-state index is -0.281. The van der Waals surface area contributed by atoms with Crippen LogP contribution in [0.5, 0.6) is 11.5 Å². The molecule has 0 aromatic heterocycles. The second-order valence-electron chi connectivity index (χ2n) is 6.66. The van der Waals surface area contributed by atoms with Crippen LogP contribution in [0.4, 0.5) is 11.4 Å². The first-order valence-electron chi connectivity index (χ1n) is 9.13. The van der Waals surface area contributed by atoms with Crippen LogP contribution in [0, 0.1) is 5.92 Å². The van der Waals surface area contributed by atoms with Gasteiger partial charge in [0.25, 0.3) is 5.91 Å². The van der Waals surface area contributed by atoms with Gasteiger partial charge >= 0.3 is 0 Å². The molecule has 146 valence electrons. The molecule has 6 heteroatoms. The van der Waals surface area contributed by atoms with Crippen LogP contribution in [-0.4, -0.2) is 26.0 Å². The number of rotatable bonds is 8. The van der Waals surface area contributed by atoms with E-state index in [0.29, 0.717) is 34.9 Å². The highest BCUT2D eigenvalue weighted by Crippen LogP contribution is 2.34. The average molecular weight is 380 g/mol. The summed E-state index contributed by atoms with van der Waals surface area (Å²) in [6, 6.07) is 10.5. The fourth-order valence-corrected chi connectivity index (χ4v) is 2.95. The number of methoxy groups -OCH3 is 2. The van der Waals surface area contributed by atoms with E-state index >= 15 is 0 Å². The van der Waals surface area contributed by atoms with Gasteiger partial charge in [-0.1, -0.05) is 12.1 Å². The highest BCUT2D eigenvalue weighted by molar-refractivity contribution is 6.05. The first-order chi connectivity index (χ1) is 13.5. The van der Waals surface area contributed by atoms with Gasteiger partial charge in [-0.25, -0.2) is 0 Å². The van der Waals surface area contributed by atoms with Crippen molar-refractivity contribution in [3.63, 3.8) is 0 Å². The van der Waals surface area contributed by atoms with E-state index in [4.69, 9.17) is 9.47 Å². The second kappa shape index (κ2) is 8.61. The van der Waals surface area contributed by atoms with Gasteiger partial charge in [-0.3, -0.25) is 9.59 Å². The maximum atomic E-state index is 12.8. The van der Waals surface area contributed by atoms with E-state index < -0.39 is 0 Å². The third-order valence-corrected chi connectivity index (χ3v) is 4.52. The Morgan fingerprint density at radius 1 is 1.11 bits per heavy atom. The summed E-state index contributed by atoms with van der Waals surface area (Å²) in [5.74, 6) is 0.934. The number of allylic oxidation sites excluding steroid dienone is 1. The molecule has 28 heavy (non-hydrogen) atoms. The third-order valence-electron chi connectivity index (χ3n) is 4.52. The molecule has 6 nitrogen and oxygen atoms in total. The molecule has 0 aliphatic heterocycles. The van der Waals surface area contributed by atoms with Crippen LogP contribution >= 0.6 is 0 Å². The van der Waals surface area contributed by atoms with Gasteiger partial charge < -0.3 is 20.1 Å². The third kappa shape index (κ3) is 4.52. The molecule has 0 atom stereocenters. The van der Waals surface area contributed by atoms with Crippen LogP contribution < -0.4 is 20.1 Å². The molecular formula is C22H24N2O4. The summed E-state index contributed by atoms with van der Waals surface area (Å²) in [7, 11) is 3.09. The molecule has 3 rings (SSSR count). The zero-order chi connectivity index (χ0) is 20.1. The summed E-state index contributed by atoms with van der Waals surface area (Å²) in [5.41, 5.74) is 2.52. The van der Waals surface area contributed by atoms with Crippen molar-refractivity contribution in [2.75, 3.05) is 24.9 Å². The summed E-state index contributed by atoms with van der Waals surface area (Å²) in [5, 5.41) is 5.74. The molecule has 2 aromatic rings. The van der Waals surface area contributed by atoms with Gasteiger partial charge in [-0.05, 0) is 49.6 Å². The van der Waals surface area contributed by atoms with Crippen LogP contribution in [0.1, 0.15) is 28.8 Å². The van der Waals surface area contributed by atoms with Crippen LogP contribution in [-0.2, 0) is 11.2 Å². The summed E-state index contributed by atoms with van der Waals surface area (Å²) in [6.07, 6.45) is 4.16. The van der Waals surface area contributed by atoms with Gasteiger partial charge in [0.1, 0.15) is 0 Å². The lowest BCUT2D eigenvalue weighted by atomic mass is 10.0. The number of amides is 2. The number of hydrogen-bond donors (Lipinski definition) is 2. The molecule has 1 saturated carbocycles. The van der Waals surface area contributed by atoms with Crippen molar-refractivity contribution < 1.29 is 19.1 Å². The number of hydrogen-bond acceptors (Lipinski definition) is 4. The van der Waals surface area contributed by atoms with E-state index in [0.717, 1.165) is 18.4 Å². The molecule has 1 fully saturated rings. The molecule has 0 unspecified atom stereocenters. The molecular weight excluding hydrogens is 356 g/mol. The van der Waals surface area contributed by atoms with Gasteiger partial charge in [-0.15, -0.1) is 6.58 Å². The lowest BCUT2D eigenvalue weighted by Crippen LogP contribution is -2.15. The standard InChI is InChI=1S/C22H24N2O4/c1-4-6-15-11-16(12-19(27-2)20(15)28-3)22(26)24-18-8-5-7-17(13-18)23-21(25)14-9-10-14/h4-5,7-8,11-14H,1,6,9-10H2,2-3H3,(H,23,25)(H,24,26). The Labute approximate surface area is 164 Å². The maximum Gasteiger partial charge on any atom is 0.255 e. The Bertz CT molecular complexity index is 903. The highest BCUT2D eigenvalue weighted by Gasteiger charge is 2.29. The molecule has 1 aliphatic rings. The molecule has 0 radical (unpaired) electrons. The van der Waals surface area contributed by atoms with E-state index in [1.54, 1.807) is 49.6 Å².